The summed E-state index contributed by atoms with van der Waals surface area (Å²) in [6.07, 6.45) is 0. The third-order valence-corrected chi connectivity index (χ3v) is 3.60. The van der Waals surface area contributed by atoms with Gasteiger partial charge >= 0.3 is 0 Å². The van der Waals surface area contributed by atoms with Crippen LogP contribution in [0.1, 0.15) is 0 Å². The van der Waals surface area contributed by atoms with Crippen molar-refractivity contribution in [1.29, 1.82) is 0 Å². The minimum absolute atomic E-state index is 0.146. The number of nitrogens with zero attached hydrogens (tertiary/aromatic N) is 1. The summed E-state index contributed by atoms with van der Waals surface area (Å²) < 4.78 is 19.3. The Kier molecular flexibility index (Phi) is 3.57. The molecule has 0 aliphatic rings. The highest BCUT2D eigenvalue weighted by Crippen LogP contribution is 2.40. The number of hydrogen-bond donors (Lipinski definition) is 1. The van der Waals surface area contributed by atoms with Crippen LogP contribution in [0.5, 0.6) is 0 Å². The quantitative estimate of drug-likeness (QED) is 0.719. The zero-order valence-electron chi connectivity index (χ0n) is 10.6. The number of hydrogen-bond acceptors (Lipinski definition) is 3. The van der Waals surface area contributed by atoms with Gasteiger partial charge in [0, 0.05) is 15.6 Å². The zero-order chi connectivity index (χ0) is 15.0. The van der Waals surface area contributed by atoms with Crippen LogP contribution in [-0.4, -0.2) is 5.16 Å². The second-order valence-electron chi connectivity index (χ2n) is 4.38. The van der Waals surface area contributed by atoms with Gasteiger partial charge in [-0.05, 0) is 24.3 Å². The molecular weight excluding hydrogens is 314 g/mol. The second kappa shape index (κ2) is 5.39. The molecule has 2 aromatic carbocycles. The Bertz CT molecular complexity index is 817. The van der Waals surface area contributed by atoms with Gasteiger partial charge in [0.15, 0.2) is 11.6 Å². The Morgan fingerprint density at radius 2 is 1.81 bits per heavy atom. The Hall–Kier alpha value is -2.04. The van der Waals surface area contributed by atoms with E-state index in [-0.39, 0.29) is 17.1 Å². The van der Waals surface area contributed by atoms with Gasteiger partial charge in [0.1, 0.15) is 5.82 Å². The SMILES string of the molecule is Nc1noc(-c2ccc(Cl)cc2F)c1-c1ccccc1Cl. The third-order valence-electron chi connectivity index (χ3n) is 3.04. The molecule has 106 valence electrons. The minimum Gasteiger partial charge on any atom is -0.380 e. The van der Waals surface area contributed by atoms with Crippen molar-refractivity contribution in [2.75, 3.05) is 5.73 Å². The summed E-state index contributed by atoms with van der Waals surface area (Å²) >= 11 is 11.9. The molecule has 0 amide bonds. The van der Waals surface area contributed by atoms with Crippen LogP contribution in [0.4, 0.5) is 10.2 Å². The third kappa shape index (κ3) is 2.48. The highest BCUT2D eigenvalue weighted by atomic mass is 35.5. The lowest BCUT2D eigenvalue weighted by molar-refractivity contribution is 0.433. The first kappa shape index (κ1) is 13.9. The van der Waals surface area contributed by atoms with E-state index in [9.17, 15) is 4.39 Å². The Balaban J connectivity index is 2.25. The normalized spacial score (nSPS) is 10.8. The monoisotopic (exact) mass is 322 g/mol. The van der Waals surface area contributed by atoms with E-state index in [1.165, 1.54) is 12.1 Å². The smallest absolute Gasteiger partial charge is 0.179 e. The van der Waals surface area contributed by atoms with Crippen molar-refractivity contribution in [1.82, 2.24) is 5.16 Å². The fourth-order valence-corrected chi connectivity index (χ4v) is 2.47. The molecule has 3 rings (SSSR count). The summed E-state index contributed by atoms with van der Waals surface area (Å²) in [5.74, 6) is -0.158. The molecule has 1 aromatic heterocycles. The van der Waals surface area contributed by atoms with E-state index in [0.717, 1.165) is 0 Å². The summed E-state index contributed by atoms with van der Waals surface area (Å²) in [6, 6.07) is 11.3. The van der Waals surface area contributed by atoms with Gasteiger partial charge in [0.05, 0.1) is 11.1 Å². The van der Waals surface area contributed by atoms with Crippen LogP contribution in [0.25, 0.3) is 22.5 Å². The first-order valence-corrected chi connectivity index (χ1v) is 6.79. The zero-order valence-corrected chi connectivity index (χ0v) is 12.1. The van der Waals surface area contributed by atoms with E-state index in [1.54, 1.807) is 30.3 Å². The van der Waals surface area contributed by atoms with Crippen LogP contribution in [0, 0.1) is 5.82 Å². The molecule has 21 heavy (non-hydrogen) atoms. The number of rotatable bonds is 2. The van der Waals surface area contributed by atoms with Gasteiger partial charge in [-0.25, -0.2) is 4.39 Å². The standard InChI is InChI=1S/C15H9Cl2FN2O/c16-8-5-6-10(12(18)7-8)14-13(15(19)20-21-14)9-3-1-2-4-11(9)17/h1-7H,(H2,19,20). The Labute approximate surface area is 130 Å². The predicted molar refractivity (Wildman–Crippen MR) is 81.8 cm³/mol. The molecule has 3 nitrogen and oxygen atoms in total. The first-order chi connectivity index (χ1) is 10.1. The van der Waals surface area contributed by atoms with Gasteiger partial charge in [-0.2, -0.15) is 0 Å². The largest absolute Gasteiger partial charge is 0.380 e. The highest BCUT2D eigenvalue weighted by molar-refractivity contribution is 6.33. The molecule has 2 N–H and O–H groups in total. The van der Waals surface area contributed by atoms with Crippen LogP contribution in [0.3, 0.4) is 0 Å². The molecule has 1 heterocycles. The number of benzene rings is 2. The van der Waals surface area contributed by atoms with Gasteiger partial charge < -0.3 is 10.3 Å². The topological polar surface area (TPSA) is 52.0 Å². The number of halogens is 3. The maximum absolute atomic E-state index is 14.1. The van der Waals surface area contributed by atoms with Gasteiger partial charge in [-0.1, -0.05) is 46.6 Å². The average molecular weight is 323 g/mol. The molecule has 6 heteroatoms. The molecule has 0 radical (unpaired) electrons. The molecule has 0 bridgehead atoms. The van der Waals surface area contributed by atoms with E-state index in [4.69, 9.17) is 33.5 Å². The molecule has 0 fully saturated rings. The van der Waals surface area contributed by atoms with E-state index >= 15 is 0 Å². The van der Waals surface area contributed by atoms with Crippen molar-refractivity contribution in [2.45, 2.75) is 0 Å². The molecule has 0 atom stereocenters. The predicted octanol–water partition coefficient (Wildman–Crippen LogP) is 5.04. The van der Waals surface area contributed by atoms with Crippen LogP contribution >= 0.6 is 23.2 Å². The number of nitrogens with two attached hydrogens (primary N) is 1. The average Bonchev–Trinajstić information content (AvgIpc) is 2.81. The van der Waals surface area contributed by atoms with Crippen molar-refractivity contribution in [3.8, 4) is 22.5 Å². The van der Waals surface area contributed by atoms with Gasteiger partial charge in [-0.15, -0.1) is 0 Å². The van der Waals surface area contributed by atoms with Crippen molar-refractivity contribution >= 4 is 29.0 Å². The Morgan fingerprint density at radius 3 is 2.52 bits per heavy atom. The van der Waals surface area contributed by atoms with E-state index in [0.29, 0.717) is 21.2 Å². The molecule has 0 saturated carbocycles. The van der Waals surface area contributed by atoms with E-state index in [2.05, 4.69) is 5.16 Å². The summed E-state index contributed by atoms with van der Waals surface area (Å²) in [6.45, 7) is 0. The lowest BCUT2D eigenvalue weighted by atomic mass is 10.0. The summed E-state index contributed by atoms with van der Waals surface area (Å²) in [4.78, 5) is 0. The van der Waals surface area contributed by atoms with E-state index in [1.807, 2.05) is 0 Å². The summed E-state index contributed by atoms with van der Waals surface area (Å²) in [5.41, 5.74) is 7.16. The molecule has 3 aromatic rings. The second-order valence-corrected chi connectivity index (χ2v) is 5.22. The molecule has 0 aliphatic heterocycles. The van der Waals surface area contributed by atoms with Crippen molar-refractivity contribution in [3.63, 3.8) is 0 Å². The lowest BCUT2D eigenvalue weighted by Crippen LogP contribution is -1.90. The Morgan fingerprint density at radius 1 is 1.05 bits per heavy atom. The lowest BCUT2D eigenvalue weighted by Gasteiger charge is -2.06. The maximum Gasteiger partial charge on any atom is 0.179 e. The molecular formula is C15H9Cl2FN2O. The fraction of sp³-hybridized carbons (Fsp3) is 0. The summed E-state index contributed by atoms with van der Waals surface area (Å²) in [5, 5.41) is 4.49. The van der Waals surface area contributed by atoms with Crippen molar-refractivity contribution in [3.05, 3.63) is 58.3 Å². The van der Waals surface area contributed by atoms with Crippen LogP contribution in [-0.2, 0) is 0 Å². The van der Waals surface area contributed by atoms with Crippen molar-refractivity contribution < 1.29 is 8.91 Å². The molecule has 0 aliphatic carbocycles. The van der Waals surface area contributed by atoms with Gasteiger partial charge in [0.25, 0.3) is 0 Å². The molecule has 0 unspecified atom stereocenters. The number of anilines is 1. The van der Waals surface area contributed by atoms with Gasteiger partial charge in [-0.3, -0.25) is 0 Å². The summed E-state index contributed by atoms with van der Waals surface area (Å²) in [7, 11) is 0. The van der Waals surface area contributed by atoms with Crippen molar-refractivity contribution in [2.24, 2.45) is 0 Å². The highest BCUT2D eigenvalue weighted by Gasteiger charge is 2.21. The number of aromatic nitrogens is 1. The van der Waals surface area contributed by atoms with E-state index < -0.39 is 5.82 Å². The first-order valence-electron chi connectivity index (χ1n) is 6.03. The molecule has 0 spiro atoms. The minimum atomic E-state index is -0.521. The fourth-order valence-electron chi connectivity index (χ4n) is 2.08. The maximum atomic E-state index is 14.1. The van der Waals surface area contributed by atoms with Crippen LogP contribution in [0.2, 0.25) is 10.0 Å². The number of nitrogen functional groups attached to an aromatic ring is 1. The van der Waals surface area contributed by atoms with Crippen LogP contribution < -0.4 is 5.73 Å². The van der Waals surface area contributed by atoms with Crippen LogP contribution in [0.15, 0.2) is 47.0 Å². The van der Waals surface area contributed by atoms with Gasteiger partial charge in [0.2, 0.25) is 0 Å². The molecule has 0 saturated heterocycles.